The Balaban J connectivity index is 1.47. The Hall–Kier alpha value is -2.03. The van der Waals surface area contributed by atoms with Gasteiger partial charge in [0.05, 0.1) is 33.9 Å². The first kappa shape index (κ1) is 17.4. The fourth-order valence-corrected chi connectivity index (χ4v) is 4.52. The quantitative estimate of drug-likeness (QED) is 0.744. The van der Waals surface area contributed by atoms with Crippen LogP contribution in [-0.4, -0.2) is 42.6 Å². The number of hydrogen-bond acceptors (Lipinski definition) is 6. The average molecular weight is 389 g/mol. The summed E-state index contributed by atoms with van der Waals surface area (Å²) in [5.74, 6) is 0. The Labute approximate surface area is 157 Å². The van der Waals surface area contributed by atoms with Crippen molar-refractivity contribution in [3.8, 4) is 0 Å². The van der Waals surface area contributed by atoms with E-state index in [0.29, 0.717) is 5.69 Å². The number of hydrogen-bond donors (Lipinski definition) is 1. The highest BCUT2D eigenvalue weighted by Crippen LogP contribution is 2.22. The van der Waals surface area contributed by atoms with Crippen molar-refractivity contribution in [2.75, 3.05) is 24.1 Å². The Morgan fingerprint density at radius 2 is 2.04 bits per heavy atom. The van der Waals surface area contributed by atoms with Crippen LogP contribution in [0.3, 0.4) is 0 Å². The van der Waals surface area contributed by atoms with Crippen LogP contribution < -0.4 is 4.72 Å². The zero-order valence-corrected chi connectivity index (χ0v) is 16.1. The second-order valence-corrected chi connectivity index (χ2v) is 9.27. The topological polar surface area (TPSA) is 75.2 Å². The van der Waals surface area contributed by atoms with Gasteiger partial charge in [-0.2, -0.15) is 0 Å². The number of sulfonamides is 1. The molecule has 6 nitrogen and oxygen atoms in total. The molecule has 1 aromatic carbocycles. The fraction of sp³-hybridized carbons (Fsp3) is 0.333. The standard InChI is InChI=1S/C18H20N4O2S2/c1-26(23,24)21-15-9-14-4-6-22(7-5-16(14)19-10-15)11-13-2-3-18-17(8-13)20-12-25-18/h2-3,8-10,12,21H,4-7,11H2,1H3. The summed E-state index contributed by atoms with van der Waals surface area (Å²) in [6, 6.07) is 8.38. The first-order valence-electron chi connectivity index (χ1n) is 8.46. The maximum absolute atomic E-state index is 11.4. The lowest BCUT2D eigenvalue weighted by Crippen LogP contribution is -2.25. The molecule has 3 aromatic rings. The molecule has 8 heteroatoms. The number of rotatable bonds is 4. The highest BCUT2D eigenvalue weighted by atomic mass is 32.2. The molecule has 0 atom stereocenters. The van der Waals surface area contributed by atoms with Crippen LogP contribution in [0.15, 0.2) is 36.0 Å². The second-order valence-electron chi connectivity index (χ2n) is 6.63. The summed E-state index contributed by atoms with van der Waals surface area (Å²) in [7, 11) is -3.28. The van der Waals surface area contributed by atoms with E-state index >= 15 is 0 Å². The molecule has 1 aliphatic heterocycles. The molecule has 0 fully saturated rings. The number of fused-ring (bicyclic) bond motifs is 2. The van der Waals surface area contributed by atoms with Gasteiger partial charge in [0, 0.05) is 31.7 Å². The summed E-state index contributed by atoms with van der Waals surface area (Å²) in [6.45, 7) is 2.75. The van der Waals surface area contributed by atoms with Crippen LogP contribution >= 0.6 is 11.3 Å². The van der Waals surface area contributed by atoms with Crippen molar-refractivity contribution < 1.29 is 8.42 Å². The lowest BCUT2D eigenvalue weighted by molar-refractivity contribution is 0.279. The Morgan fingerprint density at radius 3 is 2.88 bits per heavy atom. The summed E-state index contributed by atoms with van der Waals surface area (Å²) >= 11 is 1.66. The summed E-state index contributed by atoms with van der Waals surface area (Å²) in [5.41, 5.74) is 6.92. The number of aromatic nitrogens is 2. The van der Waals surface area contributed by atoms with Crippen LogP contribution in [0.25, 0.3) is 10.2 Å². The number of benzene rings is 1. The number of nitrogens with zero attached hydrogens (tertiary/aromatic N) is 3. The van der Waals surface area contributed by atoms with Crippen molar-refractivity contribution in [2.24, 2.45) is 0 Å². The number of pyridine rings is 1. The van der Waals surface area contributed by atoms with Gasteiger partial charge < -0.3 is 0 Å². The Morgan fingerprint density at radius 1 is 1.19 bits per heavy atom. The van der Waals surface area contributed by atoms with Crippen molar-refractivity contribution in [3.63, 3.8) is 0 Å². The van der Waals surface area contributed by atoms with Crippen molar-refractivity contribution in [1.82, 2.24) is 14.9 Å². The first-order valence-corrected chi connectivity index (χ1v) is 11.2. The lowest BCUT2D eigenvalue weighted by atomic mass is 10.1. The van der Waals surface area contributed by atoms with E-state index in [-0.39, 0.29) is 0 Å². The van der Waals surface area contributed by atoms with Gasteiger partial charge in [0.1, 0.15) is 0 Å². The van der Waals surface area contributed by atoms with Crippen LogP contribution in [0, 0.1) is 0 Å². The molecule has 0 saturated heterocycles. The smallest absolute Gasteiger partial charge is 0.229 e. The van der Waals surface area contributed by atoms with Gasteiger partial charge in [0.25, 0.3) is 0 Å². The van der Waals surface area contributed by atoms with Gasteiger partial charge in [0.2, 0.25) is 10.0 Å². The van der Waals surface area contributed by atoms with Gasteiger partial charge in [0.15, 0.2) is 0 Å². The van der Waals surface area contributed by atoms with Crippen molar-refractivity contribution in [2.45, 2.75) is 19.4 Å². The molecular weight excluding hydrogens is 368 g/mol. The molecule has 0 amide bonds. The highest BCUT2D eigenvalue weighted by Gasteiger charge is 2.16. The van der Waals surface area contributed by atoms with Gasteiger partial charge in [-0.25, -0.2) is 13.4 Å². The maximum Gasteiger partial charge on any atom is 0.229 e. The third kappa shape index (κ3) is 4.03. The van der Waals surface area contributed by atoms with Gasteiger partial charge in [-0.15, -0.1) is 11.3 Å². The summed E-state index contributed by atoms with van der Waals surface area (Å²) in [4.78, 5) is 11.3. The maximum atomic E-state index is 11.4. The van der Waals surface area contributed by atoms with Crippen molar-refractivity contribution >= 4 is 37.3 Å². The van der Waals surface area contributed by atoms with Crippen LogP contribution in [0.1, 0.15) is 16.8 Å². The van der Waals surface area contributed by atoms with E-state index in [1.165, 1.54) is 10.3 Å². The van der Waals surface area contributed by atoms with Crippen LogP contribution in [0.5, 0.6) is 0 Å². The van der Waals surface area contributed by atoms with E-state index in [0.717, 1.165) is 55.5 Å². The second kappa shape index (κ2) is 6.94. The molecule has 0 saturated carbocycles. The summed E-state index contributed by atoms with van der Waals surface area (Å²) in [6.07, 6.45) is 4.49. The molecule has 0 unspecified atom stereocenters. The van der Waals surface area contributed by atoms with E-state index in [1.54, 1.807) is 17.5 Å². The van der Waals surface area contributed by atoms with Crippen LogP contribution in [0.4, 0.5) is 5.69 Å². The van der Waals surface area contributed by atoms with E-state index in [2.05, 4.69) is 37.8 Å². The molecular formula is C18H20N4O2S2. The third-order valence-electron chi connectivity index (χ3n) is 4.53. The largest absolute Gasteiger partial charge is 0.298 e. The molecule has 1 aliphatic rings. The molecule has 1 N–H and O–H groups in total. The minimum absolute atomic E-state index is 0.536. The Bertz CT molecular complexity index is 1050. The first-order chi connectivity index (χ1) is 12.5. The average Bonchev–Trinajstić information content (AvgIpc) is 2.95. The van der Waals surface area contributed by atoms with Gasteiger partial charge in [-0.1, -0.05) is 6.07 Å². The van der Waals surface area contributed by atoms with Crippen LogP contribution in [0.2, 0.25) is 0 Å². The molecule has 2 aromatic heterocycles. The normalized spacial score (nSPS) is 15.6. The molecule has 0 spiro atoms. The number of anilines is 1. The predicted molar refractivity (Wildman–Crippen MR) is 105 cm³/mol. The molecule has 136 valence electrons. The minimum Gasteiger partial charge on any atom is -0.298 e. The number of thiazole rings is 1. The monoisotopic (exact) mass is 388 g/mol. The van der Waals surface area contributed by atoms with Crippen LogP contribution in [-0.2, 0) is 29.4 Å². The summed E-state index contributed by atoms with van der Waals surface area (Å²) in [5, 5.41) is 0. The molecule has 0 radical (unpaired) electrons. The molecule has 4 rings (SSSR count). The molecule has 0 bridgehead atoms. The zero-order valence-electron chi connectivity index (χ0n) is 14.5. The van der Waals surface area contributed by atoms with Crippen molar-refractivity contribution in [1.29, 1.82) is 0 Å². The van der Waals surface area contributed by atoms with Gasteiger partial charge >= 0.3 is 0 Å². The van der Waals surface area contributed by atoms with Crippen molar-refractivity contribution in [3.05, 3.63) is 52.8 Å². The predicted octanol–water partition coefficient (Wildman–Crippen LogP) is 2.66. The van der Waals surface area contributed by atoms with E-state index in [9.17, 15) is 8.42 Å². The van der Waals surface area contributed by atoms with Gasteiger partial charge in [-0.05, 0) is 35.7 Å². The highest BCUT2D eigenvalue weighted by molar-refractivity contribution is 7.92. The number of nitrogens with one attached hydrogen (secondary N) is 1. The van der Waals surface area contributed by atoms with E-state index in [4.69, 9.17) is 0 Å². The molecule has 26 heavy (non-hydrogen) atoms. The van der Waals surface area contributed by atoms with Gasteiger partial charge in [-0.3, -0.25) is 14.6 Å². The molecule has 0 aliphatic carbocycles. The zero-order chi connectivity index (χ0) is 18.1. The minimum atomic E-state index is -3.28. The van der Waals surface area contributed by atoms with E-state index < -0.39 is 10.0 Å². The Kier molecular flexibility index (Phi) is 4.64. The summed E-state index contributed by atoms with van der Waals surface area (Å²) < 4.78 is 26.6. The SMILES string of the molecule is CS(=O)(=O)Nc1cnc2c(c1)CCN(Cc1ccc3scnc3c1)CC2. The lowest BCUT2D eigenvalue weighted by Gasteiger charge is -2.19. The van der Waals surface area contributed by atoms with E-state index in [1.807, 2.05) is 11.6 Å². The third-order valence-corrected chi connectivity index (χ3v) is 5.94. The fourth-order valence-electron chi connectivity index (χ4n) is 3.32. The molecule has 3 heterocycles.